The molecule has 0 atom stereocenters. The van der Waals surface area contributed by atoms with Crippen molar-refractivity contribution in [2.24, 2.45) is 0 Å². The first kappa shape index (κ1) is 25.7. The van der Waals surface area contributed by atoms with Crippen LogP contribution in [-0.4, -0.2) is 35.9 Å². The number of anilines is 1. The van der Waals surface area contributed by atoms with Gasteiger partial charge in [-0.2, -0.15) is 0 Å². The van der Waals surface area contributed by atoms with E-state index in [9.17, 15) is 4.79 Å². The van der Waals surface area contributed by atoms with Gasteiger partial charge in [0.1, 0.15) is 0 Å². The molecule has 1 aromatic carbocycles. The summed E-state index contributed by atoms with van der Waals surface area (Å²) < 4.78 is 5.83. The molecule has 0 radical (unpaired) electrons. The number of carbonyl (C=O) groups is 1. The van der Waals surface area contributed by atoms with Gasteiger partial charge in [0, 0.05) is 0 Å². The average molecular weight is 530 g/mol. The van der Waals surface area contributed by atoms with Crippen LogP contribution in [0, 0.1) is 0 Å². The quantitative estimate of drug-likeness (QED) is 0.274. The standard InChI is InChI=1S/C14H14N3O.3C4H9.Sn/c18-14(17-13-8-4-5-10-15-13)16-11-9-12-6-2-1-3-7-12;3*1-3-4-2;/h1-4,6-8,10H,9,11H2,(H2,15,16,17,18);3*1,3-4H2,2H3;. The molecule has 170 valence electrons. The molecular weight excluding hydrogens is 489 g/mol. The van der Waals surface area contributed by atoms with Gasteiger partial charge in [0.25, 0.3) is 0 Å². The molecule has 2 aromatic rings. The Bertz CT molecular complexity index is 727. The molecule has 1 heterocycles. The summed E-state index contributed by atoms with van der Waals surface area (Å²) in [6.45, 7) is 7.52. The van der Waals surface area contributed by atoms with Crippen molar-refractivity contribution < 1.29 is 4.79 Å². The van der Waals surface area contributed by atoms with E-state index in [1.54, 1.807) is 3.58 Å². The topological polar surface area (TPSA) is 54.0 Å². The molecule has 0 aliphatic carbocycles. The number of hydrogen-bond acceptors (Lipinski definition) is 2. The molecule has 31 heavy (non-hydrogen) atoms. The van der Waals surface area contributed by atoms with E-state index in [-0.39, 0.29) is 6.03 Å². The second-order valence-electron chi connectivity index (χ2n) is 8.64. The minimum absolute atomic E-state index is 0.186. The van der Waals surface area contributed by atoms with Crippen LogP contribution in [0.15, 0.2) is 48.7 Å². The Labute approximate surface area is 193 Å². The molecule has 2 rings (SSSR count). The number of nitrogens with zero attached hydrogens (tertiary/aromatic N) is 1. The predicted octanol–water partition coefficient (Wildman–Crippen LogP) is 6.50. The van der Waals surface area contributed by atoms with Gasteiger partial charge >= 0.3 is 188 Å². The molecule has 0 saturated heterocycles. The molecule has 0 aliphatic heterocycles. The number of nitrogens with one attached hydrogen (secondary N) is 2. The van der Waals surface area contributed by atoms with Gasteiger partial charge in [0.05, 0.1) is 0 Å². The van der Waals surface area contributed by atoms with Crippen molar-refractivity contribution in [3.05, 3.63) is 54.2 Å². The van der Waals surface area contributed by atoms with Crippen LogP contribution < -0.4 is 14.2 Å². The Balaban J connectivity index is 1.99. The van der Waals surface area contributed by atoms with Gasteiger partial charge in [0.2, 0.25) is 0 Å². The van der Waals surface area contributed by atoms with Gasteiger partial charge < -0.3 is 0 Å². The third-order valence-corrected chi connectivity index (χ3v) is 21.7. The predicted molar refractivity (Wildman–Crippen MR) is 136 cm³/mol. The van der Waals surface area contributed by atoms with Gasteiger partial charge in [-0.05, 0) is 0 Å². The minimum atomic E-state index is -2.45. The van der Waals surface area contributed by atoms with E-state index in [2.05, 4.69) is 60.8 Å². The number of pyridine rings is 1. The molecule has 2 N–H and O–H groups in total. The van der Waals surface area contributed by atoms with Crippen molar-refractivity contribution in [3.63, 3.8) is 0 Å². The maximum absolute atomic E-state index is 12.3. The second kappa shape index (κ2) is 14.5. The summed E-state index contributed by atoms with van der Waals surface area (Å²) in [5.74, 6) is 0.641. The van der Waals surface area contributed by atoms with E-state index >= 15 is 0 Å². The normalized spacial score (nSPS) is 11.3. The number of aromatic nitrogens is 1. The van der Waals surface area contributed by atoms with Gasteiger partial charge in [-0.1, -0.05) is 6.07 Å². The summed E-state index contributed by atoms with van der Waals surface area (Å²) in [6.07, 6.45) is 10.8. The Morgan fingerprint density at radius 1 is 0.871 bits per heavy atom. The fourth-order valence-electron chi connectivity index (χ4n) is 4.26. The van der Waals surface area contributed by atoms with Crippen LogP contribution in [0.5, 0.6) is 0 Å². The van der Waals surface area contributed by atoms with Gasteiger partial charge in [-0.15, -0.1) is 0 Å². The number of hydrogen-bond donors (Lipinski definition) is 2. The molecule has 0 bridgehead atoms. The van der Waals surface area contributed by atoms with E-state index in [1.807, 2.05) is 24.3 Å². The summed E-state index contributed by atoms with van der Waals surface area (Å²) in [7, 11) is 0. The summed E-state index contributed by atoms with van der Waals surface area (Å²) in [6, 6.07) is 14.3. The van der Waals surface area contributed by atoms with Crippen LogP contribution in [-0.2, 0) is 6.42 Å². The average Bonchev–Trinajstić information content (AvgIpc) is 2.80. The van der Waals surface area contributed by atoms with Gasteiger partial charge in [0.15, 0.2) is 0 Å². The number of carbonyl (C=O) groups excluding carboxylic acids is 1. The zero-order valence-electron chi connectivity index (χ0n) is 19.8. The van der Waals surface area contributed by atoms with Crippen LogP contribution >= 0.6 is 0 Å². The Kier molecular flexibility index (Phi) is 12.0. The van der Waals surface area contributed by atoms with E-state index in [4.69, 9.17) is 0 Å². The zero-order valence-corrected chi connectivity index (χ0v) is 22.6. The molecule has 0 unspecified atom stereocenters. The van der Waals surface area contributed by atoms with Crippen LogP contribution in [0.2, 0.25) is 13.3 Å². The van der Waals surface area contributed by atoms with Crippen molar-refractivity contribution in [1.29, 1.82) is 0 Å². The van der Waals surface area contributed by atoms with Crippen LogP contribution in [0.25, 0.3) is 0 Å². The fraction of sp³-hybridized carbons (Fsp3) is 0.538. The van der Waals surface area contributed by atoms with Gasteiger partial charge in [-0.3, -0.25) is 0 Å². The van der Waals surface area contributed by atoms with E-state index in [1.165, 1.54) is 57.4 Å². The Morgan fingerprint density at radius 2 is 1.48 bits per heavy atom. The Morgan fingerprint density at radius 3 is 2.00 bits per heavy atom. The molecule has 4 nitrogen and oxygen atoms in total. The van der Waals surface area contributed by atoms with Crippen molar-refractivity contribution >= 4 is 33.8 Å². The third kappa shape index (κ3) is 8.83. The fourth-order valence-corrected chi connectivity index (χ4v) is 19.9. The van der Waals surface area contributed by atoms with E-state index in [0.717, 1.165) is 6.42 Å². The first-order chi connectivity index (χ1) is 15.1. The third-order valence-electron chi connectivity index (χ3n) is 6.19. The van der Waals surface area contributed by atoms with Crippen molar-refractivity contribution in [2.45, 2.75) is 79.0 Å². The van der Waals surface area contributed by atoms with Crippen LogP contribution in [0.3, 0.4) is 0 Å². The van der Waals surface area contributed by atoms with Crippen molar-refractivity contribution in [1.82, 2.24) is 10.3 Å². The molecule has 0 spiro atoms. The molecule has 0 aliphatic rings. The molecule has 2 amide bonds. The van der Waals surface area contributed by atoms with Crippen molar-refractivity contribution in [2.75, 3.05) is 11.9 Å². The Hall–Kier alpha value is -1.56. The van der Waals surface area contributed by atoms with Gasteiger partial charge in [-0.25, -0.2) is 0 Å². The van der Waals surface area contributed by atoms with E-state index < -0.39 is 18.4 Å². The number of unbranched alkanes of at least 4 members (excludes halogenated alkanes) is 3. The summed E-state index contributed by atoms with van der Waals surface area (Å²) in [4.78, 5) is 16.9. The first-order valence-corrected chi connectivity index (χ1v) is 19.7. The maximum atomic E-state index is 12.3. The molecule has 0 fully saturated rings. The number of urea groups is 1. The number of rotatable bonds is 14. The number of benzene rings is 1. The first-order valence-electron chi connectivity index (χ1n) is 12.2. The number of amides is 2. The van der Waals surface area contributed by atoms with Crippen LogP contribution in [0.1, 0.15) is 64.9 Å². The molecule has 0 saturated carbocycles. The van der Waals surface area contributed by atoms with Crippen molar-refractivity contribution in [3.8, 4) is 0 Å². The zero-order chi connectivity index (χ0) is 22.4. The van der Waals surface area contributed by atoms with Crippen LogP contribution in [0.4, 0.5) is 10.6 Å². The van der Waals surface area contributed by atoms with E-state index in [0.29, 0.717) is 12.4 Å². The molecular formula is C26H41N3OSn. The summed E-state index contributed by atoms with van der Waals surface area (Å²) >= 11 is -2.45. The summed E-state index contributed by atoms with van der Waals surface area (Å²) in [5, 5.41) is 5.83. The summed E-state index contributed by atoms with van der Waals surface area (Å²) in [5.41, 5.74) is 1.22. The monoisotopic (exact) mass is 531 g/mol. The molecule has 5 heteroatoms. The SMILES string of the molecule is CCC[CH2][Sn]([CH2]CCC)([CH2]CCC)[c]1ccc(NC(=O)NCCc2ccccc2)nc1. The molecule has 1 aromatic heterocycles. The second-order valence-corrected chi connectivity index (χ2v) is 21.9.